The Morgan fingerprint density at radius 2 is 1.72 bits per heavy atom. The number of aliphatic hydroxyl groups is 1. The van der Waals surface area contributed by atoms with Crippen LogP contribution < -0.4 is 9.64 Å². The molecule has 2 N–H and O–H groups in total. The first-order valence-electron chi connectivity index (χ1n) is 13.2. The molecule has 4 rings (SSSR count). The molecule has 1 aliphatic heterocycles. The van der Waals surface area contributed by atoms with Gasteiger partial charge in [-0.3, -0.25) is 9.78 Å². The predicted molar refractivity (Wildman–Crippen MR) is 151 cm³/mol. The van der Waals surface area contributed by atoms with Gasteiger partial charge in [0.1, 0.15) is 6.61 Å². The van der Waals surface area contributed by atoms with E-state index in [-0.39, 0.29) is 24.3 Å². The summed E-state index contributed by atoms with van der Waals surface area (Å²) >= 11 is 0. The molecule has 1 saturated heterocycles. The highest BCUT2D eigenvalue weighted by Gasteiger charge is 2.29. The number of carbonyl (C=O) groups is 1. The number of ether oxygens (including phenoxy) is 1. The third-order valence-corrected chi connectivity index (χ3v) is 6.46. The Morgan fingerprint density at radius 1 is 1.10 bits per heavy atom. The van der Waals surface area contributed by atoms with Crippen molar-refractivity contribution in [3.8, 4) is 17.0 Å². The second-order valence-corrected chi connectivity index (χ2v) is 11.8. The van der Waals surface area contributed by atoms with Crippen molar-refractivity contribution < 1.29 is 24.1 Å². The molecule has 1 aromatic carbocycles. The standard InChI is InChI=1S/C27H30FN3O3.C4H10O/c1-18-21(14-24(32)33)25(31-11-9-27(2,3)10-12-31)22(16-29-18)20-13-23(28)26(30-15-20)34-17-19-7-5-4-6-8-19;1-4(2,3)5/h4-8,13,15-16H,9-12,14,17H2,1-3H3,(H,32,33);5H,1-3H3. The van der Waals surface area contributed by atoms with Gasteiger partial charge in [-0.2, -0.15) is 0 Å². The molecule has 0 spiro atoms. The Morgan fingerprint density at radius 3 is 2.28 bits per heavy atom. The average molecular weight is 538 g/mol. The molecule has 1 fully saturated rings. The molecule has 0 atom stereocenters. The van der Waals surface area contributed by atoms with Crippen LogP contribution >= 0.6 is 0 Å². The number of carboxylic acid groups (broad SMARTS) is 1. The number of nitrogens with zero attached hydrogens (tertiary/aromatic N) is 3. The number of carboxylic acids is 1. The van der Waals surface area contributed by atoms with Crippen molar-refractivity contribution in [3.05, 3.63) is 71.4 Å². The van der Waals surface area contributed by atoms with Gasteiger partial charge in [0.05, 0.1) is 17.7 Å². The SMILES string of the molecule is CC(C)(C)O.Cc1ncc(-c2cnc(OCc3ccccc3)c(F)c2)c(N2CCC(C)(C)CC2)c1CC(=O)O. The highest BCUT2D eigenvalue weighted by atomic mass is 19.1. The van der Waals surface area contributed by atoms with Crippen LogP contribution in [0, 0.1) is 18.2 Å². The largest absolute Gasteiger partial charge is 0.481 e. The van der Waals surface area contributed by atoms with Gasteiger partial charge >= 0.3 is 5.97 Å². The van der Waals surface area contributed by atoms with E-state index in [9.17, 15) is 14.3 Å². The van der Waals surface area contributed by atoms with Gasteiger partial charge in [0.15, 0.2) is 5.82 Å². The zero-order valence-electron chi connectivity index (χ0n) is 23.8. The van der Waals surface area contributed by atoms with Crippen LogP contribution in [0.5, 0.6) is 5.88 Å². The van der Waals surface area contributed by atoms with Crippen LogP contribution in [0.4, 0.5) is 10.1 Å². The van der Waals surface area contributed by atoms with E-state index in [1.807, 2.05) is 37.3 Å². The molecule has 0 unspecified atom stereocenters. The number of aliphatic carboxylic acids is 1. The van der Waals surface area contributed by atoms with Crippen molar-refractivity contribution in [1.82, 2.24) is 9.97 Å². The molecular formula is C31H40FN3O4. The fraction of sp³-hybridized carbons (Fsp3) is 0.452. The number of piperidine rings is 1. The van der Waals surface area contributed by atoms with Crippen LogP contribution in [-0.2, 0) is 17.8 Å². The molecule has 8 heteroatoms. The lowest BCUT2D eigenvalue weighted by molar-refractivity contribution is -0.136. The summed E-state index contributed by atoms with van der Waals surface area (Å²) in [4.78, 5) is 22.6. The summed E-state index contributed by atoms with van der Waals surface area (Å²) in [6, 6.07) is 10.9. The Labute approximate surface area is 230 Å². The zero-order valence-corrected chi connectivity index (χ0v) is 23.8. The summed E-state index contributed by atoms with van der Waals surface area (Å²) < 4.78 is 20.6. The van der Waals surface area contributed by atoms with Crippen LogP contribution in [0.15, 0.2) is 48.8 Å². The third-order valence-electron chi connectivity index (χ3n) is 6.46. The summed E-state index contributed by atoms with van der Waals surface area (Å²) in [6.07, 6.45) is 5.09. The number of hydrogen-bond acceptors (Lipinski definition) is 6. The van der Waals surface area contributed by atoms with Gasteiger partial charge in [0.2, 0.25) is 0 Å². The van der Waals surface area contributed by atoms with Crippen molar-refractivity contribution >= 4 is 11.7 Å². The lowest BCUT2D eigenvalue weighted by Crippen LogP contribution is -2.38. The number of pyridine rings is 2. The Hall–Kier alpha value is -3.52. The minimum absolute atomic E-state index is 0.0697. The van der Waals surface area contributed by atoms with Gasteiger partial charge in [-0.1, -0.05) is 44.2 Å². The van der Waals surface area contributed by atoms with E-state index in [0.717, 1.165) is 37.2 Å². The smallest absolute Gasteiger partial charge is 0.307 e. The summed E-state index contributed by atoms with van der Waals surface area (Å²) in [5.74, 6) is -1.56. The fourth-order valence-electron chi connectivity index (χ4n) is 4.31. The normalized spacial score (nSPS) is 14.8. The average Bonchev–Trinajstić information content (AvgIpc) is 2.84. The molecule has 7 nitrogen and oxygen atoms in total. The van der Waals surface area contributed by atoms with Crippen molar-refractivity contribution in [2.75, 3.05) is 18.0 Å². The molecule has 2 aromatic heterocycles. The number of hydrogen-bond donors (Lipinski definition) is 2. The van der Waals surface area contributed by atoms with Gasteiger partial charge < -0.3 is 19.8 Å². The van der Waals surface area contributed by atoms with Crippen LogP contribution in [0.3, 0.4) is 0 Å². The predicted octanol–water partition coefficient (Wildman–Crippen LogP) is 6.20. The Kier molecular flexibility index (Phi) is 9.67. The maximum Gasteiger partial charge on any atom is 0.307 e. The maximum atomic E-state index is 15.0. The molecule has 3 aromatic rings. The van der Waals surface area contributed by atoms with E-state index in [2.05, 4.69) is 28.7 Å². The van der Waals surface area contributed by atoms with Crippen LogP contribution in [0.25, 0.3) is 11.1 Å². The number of aryl methyl sites for hydroxylation is 1. The summed E-state index contributed by atoms with van der Waals surface area (Å²) in [5, 5.41) is 18.1. The monoisotopic (exact) mass is 537 g/mol. The van der Waals surface area contributed by atoms with Crippen LogP contribution in [0.2, 0.25) is 0 Å². The zero-order chi connectivity index (χ0) is 28.8. The van der Waals surface area contributed by atoms with E-state index >= 15 is 0 Å². The minimum atomic E-state index is -0.922. The quantitative estimate of drug-likeness (QED) is 0.370. The molecule has 0 saturated carbocycles. The summed E-state index contributed by atoms with van der Waals surface area (Å²) in [7, 11) is 0. The van der Waals surface area contributed by atoms with E-state index in [1.165, 1.54) is 6.07 Å². The lowest BCUT2D eigenvalue weighted by Gasteiger charge is -2.40. The molecule has 0 radical (unpaired) electrons. The third kappa shape index (κ3) is 9.03. The summed E-state index contributed by atoms with van der Waals surface area (Å²) in [6.45, 7) is 13.3. The molecule has 39 heavy (non-hydrogen) atoms. The van der Waals surface area contributed by atoms with Crippen molar-refractivity contribution in [2.45, 2.75) is 73.0 Å². The Bertz CT molecular complexity index is 1260. The topological polar surface area (TPSA) is 95.8 Å². The van der Waals surface area contributed by atoms with Crippen molar-refractivity contribution in [2.24, 2.45) is 5.41 Å². The van der Waals surface area contributed by atoms with Crippen LogP contribution in [-0.4, -0.2) is 44.8 Å². The highest BCUT2D eigenvalue weighted by Crippen LogP contribution is 2.40. The molecule has 0 bridgehead atoms. The van der Waals surface area contributed by atoms with Gasteiger partial charge in [0.25, 0.3) is 5.88 Å². The molecule has 210 valence electrons. The second-order valence-electron chi connectivity index (χ2n) is 11.8. The van der Waals surface area contributed by atoms with E-state index in [1.54, 1.807) is 33.2 Å². The highest BCUT2D eigenvalue weighted by molar-refractivity contribution is 5.84. The minimum Gasteiger partial charge on any atom is -0.481 e. The number of rotatable bonds is 7. The molecule has 3 heterocycles. The van der Waals surface area contributed by atoms with Gasteiger partial charge in [-0.05, 0) is 57.6 Å². The fourth-order valence-corrected chi connectivity index (χ4v) is 4.31. The van der Waals surface area contributed by atoms with Gasteiger partial charge in [-0.25, -0.2) is 9.37 Å². The first-order chi connectivity index (χ1) is 18.2. The first-order valence-corrected chi connectivity index (χ1v) is 13.2. The maximum absolute atomic E-state index is 15.0. The van der Waals surface area contributed by atoms with E-state index in [0.29, 0.717) is 22.4 Å². The molecule has 1 aliphatic rings. The lowest BCUT2D eigenvalue weighted by atomic mass is 9.82. The van der Waals surface area contributed by atoms with Crippen molar-refractivity contribution in [1.29, 1.82) is 0 Å². The molecule has 0 aliphatic carbocycles. The second kappa shape index (κ2) is 12.6. The van der Waals surface area contributed by atoms with E-state index < -0.39 is 17.4 Å². The Balaban J connectivity index is 0.000000771. The van der Waals surface area contributed by atoms with Crippen molar-refractivity contribution in [3.63, 3.8) is 0 Å². The number of anilines is 1. The van der Waals surface area contributed by atoms with Gasteiger partial charge in [0, 0.05) is 47.9 Å². The molecular weight excluding hydrogens is 497 g/mol. The number of aromatic nitrogens is 2. The van der Waals surface area contributed by atoms with E-state index in [4.69, 9.17) is 9.84 Å². The molecule has 0 amide bonds. The number of halogens is 1. The number of benzene rings is 1. The van der Waals surface area contributed by atoms with Crippen LogP contribution in [0.1, 0.15) is 64.3 Å². The summed E-state index contributed by atoms with van der Waals surface area (Å²) in [5.41, 5.74) is 4.02. The first kappa shape index (κ1) is 30.0. The van der Waals surface area contributed by atoms with Gasteiger partial charge in [-0.15, -0.1) is 0 Å².